The van der Waals surface area contributed by atoms with Crippen LogP contribution in [0.1, 0.15) is 50.1 Å². The molecule has 8 nitrogen and oxygen atoms in total. The van der Waals surface area contributed by atoms with Crippen molar-refractivity contribution >= 4 is 36.8 Å². The zero-order valence-electron chi connectivity index (χ0n) is 18.8. The highest BCUT2D eigenvalue weighted by Gasteiger charge is 2.50. The van der Waals surface area contributed by atoms with Gasteiger partial charge in [0.1, 0.15) is 17.0 Å². The molecule has 2 aromatic heterocycles. The second-order valence-electron chi connectivity index (χ2n) is 9.07. The molecule has 2 N–H and O–H groups in total. The number of carbonyl (C=O) groups is 1. The number of methoxy groups -OCH3 is 1. The van der Waals surface area contributed by atoms with E-state index in [-0.39, 0.29) is 11.5 Å². The van der Waals surface area contributed by atoms with E-state index >= 15 is 0 Å². The van der Waals surface area contributed by atoms with Crippen LogP contribution in [0.2, 0.25) is 0 Å². The Morgan fingerprint density at radius 1 is 1.19 bits per heavy atom. The van der Waals surface area contributed by atoms with E-state index in [0.29, 0.717) is 33.7 Å². The van der Waals surface area contributed by atoms with E-state index in [1.165, 1.54) is 0 Å². The van der Waals surface area contributed by atoms with Crippen LogP contribution in [0.15, 0.2) is 24.4 Å². The molecular weight excluding hydrogens is 450 g/mol. The van der Waals surface area contributed by atoms with Gasteiger partial charge < -0.3 is 4.74 Å². The Bertz CT molecular complexity index is 1320. The first kappa shape index (κ1) is 22.8. The van der Waals surface area contributed by atoms with Crippen LogP contribution < -0.4 is 9.30 Å². The Morgan fingerprint density at radius 2 is 1.81 bits per heavy atom. The highest BCUT2D eigenvalue weighted by Crippen LogP contribution is 2.47. The second kappa shape index (κ2) is 7.29. The van der Waals surface area contributed by atoms with Crippen LogP contribution in [0.5, 0.6) is 5.75 Å². The number of carbonyl (C=O) groups excluding carboxylic acids is 1. The van der Waals surface area contributed by atoms with Crippen molar-refractivity contribution in [3.63, 3.8) is 0 Å². The molecule has 32 heavy (non-hydrogen) atoms. The minimum absolute atomic E-state index is 0.00394. The maximum atomic E-state index is 13.0. The molecule has 0 bridgehead atoms. The van der Waals surface area contributed by atoms with Gasteiger partial charge in [-0.1, -0.05) is 4.98 Å². The molecule has 0 atom stereocenters. The minimum atomic E-state index is -4.22. The summed E-state index contributed by atoms with van der Waals surface area (Å²) in [6, 6.07) is 5.72. The fraction of sp³-hybridized carbons (Fsp3) is 0.409. The maximum absolute atomic E-state index is 13.0. The van der Waals surface area contributed by atoms with E-state index in [0.717, 1.165) is 22.2 Å². The van der Waals surface area contributed by atoms with Crippen molar-refractivity contribution in [2.24, 2.45) is 0 Å². The molecule has 0 unspecified atom stereocenters. The van der Waals surface area contributed by atoms with Crippen LogP contribution in [-0.2, 0) is 30.5 Å². The SMILES string of the molecule is COc1cc[n+](-c2nc3cc4c(cc3[nH]2)C(C)(C)C(=O)C4(C)C)c(CSS(=O)(=O)O)c1C. The van der Waals surface area contributed by atoms with Crippen molar-refractivity contribution in [3.05, 3.63) is 46.8 Å². The second-order valence-corrected chi connectivity index (χ2v) is 12.4. The number of hydrogen-bond donors (Lipinski definition) is 2. The molecular formula is C22H26N3O5S2+. The predicted molar refractivity (Wildman–Crippen MR) is 123 cm³/mol. The van der Waals surface area contributed by atoms with Crippen molar-refractivity contribution in [2.45, 2.75) is 51.2 Å². The van der Waals surface area contributed by atoms with Crippen LogP contribution in [-0.4, -0.2) is 35.8 Å². The topological polar surface area (TPSA) is 113 Å². The van der Waals surface area contributed by atoms with Crippen LogP contribution in [0.3, 0.4) is 0 Å². The maximum Gasteiger partial charge on any atom is 0.402 e. The Labute approximate surface area is 190 Å². The van der Waals surface area contributed by atoms with E-state index in [2.05, 4.69) is 4.98 Å². The summed E-state index contributed by atoms with van der Waals surface area (Å²) in [7, 11) is -2.25. The van der Waals surface area contributed by atoms with E-state index in [9.17, 15) is 17.8 Å². The first-order chi connectivity index (χ1) is 14.8. The molecule has 1 aliphatic carbocycles. The number of Topliss-reactive ketones (excluding diaryl/α,β-unsaturated/α-hetero) is 1. The summed E-state index contributed by atoms with van der Waals surface area (Å²) in [5.74, 6) is 1.29. The van der Waals surface area contributed by atoms with Crippen molar-refractivity contribution in [3.8, 4) is 11.7 Å². The molecule has 0 fully saturated rings. The van der Waals surface area contributed by atoms with Crippen molar-refractivity contribution in [1.29, 1.82) is 0 Å². The van der Waals surface area contributed by atoms with Gasteiger partial charge in [-0.2, -0.15) is 8.42 Å². The minimum Gasteiger partial charge on any atom is -0.496 e. The highest BCUT2D eigenvalue weighted by atomic mass is 33.1. The van der Waals surface area contributed by atoms with E-state index in [1.807, 2.05) is 46.8 Å². The number of aromatic nitrogens is 3. The number of H-pyrrole nitrogens is 1. The molecule has 0 saturated carbocycles. The van der Waals surface area contributed by atoms with Crippen molar-refractivity contribution in [1.82, 2.24) is 9.97 Å². The molecule has 1 aromatic carbocycles. The van der Waals surface area contributed by atoms with Crippen molar-refractivity contribution < 1.29 is 27.1 Å². The Morgan fingerprint density at radius 3 is 2.41 bits per heavy atom. The number of ether oxygens (including phenoxy) is 1. The van der Waals surface area contributed by atoms with E-state index < -0.39 is 20.0 Å². The third-order valence-corrected chi connectivity index (χ3v) is 8.29. The lowest BCUT2D eigenvalue weighted by Gasteiger charge is -2.21. The molecule has 170 valence electrons. The summed E-state index contributed by atoms with van der Waals surface area (Å²) < 4.78 is 39.1. The molecule has 0 amide bonds. The number of rotatable bonds is 5. The third-order valence-electron chi connectivity index (χ3n) is 6.35. The number of aromatic amines is 1. The fourth-order valence-corrected chi connectivity index (χ4v) is 6.02. The number of fused-ring (bicyclic) bond motifs is 2. The summed E-state index contributed by atoms with van der Waals surface area (Å²) >= 11 is 0. The average Bonchev–Trinajstić information content (AvgIpc) is 3.17. The molecule has 0 saturated heterocycles. The third kappa shape index (κ3) is 3.50. The normalized spacial score (nSPS) is 17.0. The van der Waals surface area contributed by atoms with Gasteiger partial charge in [0.25, 0.3) is 0 Å². The quantitative estimate of drug-likeness (QED) is 0.330. The summed E-state index contributed by atoms with van der Waals surface area (Å²) in [4.78, 5) is 21.0. The van der Waals surface area contributed by atoms with Gasteiger partial charge in [-0.25, -0.2) is 9.55 Å². The molecule has 0 spiro atoms. The molecule has 4 rings (SSSR count). The Balaban J connectivity index is 1.89. The van der Waals surface area contributed by atoms with Gasteiger partial charge in [0.2, 0.25) is 0 Å². The largest absolute Gasteiger partial charge is 0.496 e. The lowest BCUT2D eigenvalue weighted by Crippen LogP contribution is -2.37. The number of benzene rings is 1. The van der Waals surface area contributed by atoms with Crippen molar-refractivity contribution in [2.75, 3.05) is 7.11 Å². The van der Waals surface area contributed by atoms with E-state index in [4.69, 9.17) is 9.72 Å². The number of ketones is 1. The van der Waals surface area contributed by atoms with Gasteiger partial charge in [-0.3, -0.25) is 9.35 Å². The standard InChI is InChI=1S/C22H25N3O5S2/c1-12-17(11-31-32(27,28)29)25(8-7-18(12)30-6)20-23-15-9-13-14(10-16(15)24-20)22(4,5)19(26)21(13,2)3/h7-10H,11H2,1-6H3,(H-,23,24,27,28,29)/p+1. The van der Waals surface area contributed by atoms with Crippen LogP contribution in [0.4, 0.5) is 0 Å². The highest BCUT2D eigenvalue weighted by molar-refractivity contribution is 8.69. The average molecular weight is 477 g/mol. The lowest BCUT2D eigenvalue weighted by atomic mass is 9.80. The number of imidazole rings is 1. The van der Waals surface area contributed by atoms with Gasteiger partial charge >= 0.3 is 15.1 Å². The zero-order valence-corrected chi connectivity index (χ0v) is 20.4. The summed E-state index contributed by atoms with van der Waals surface area (Å²) in [6.07, 6.45) is 1.74. The summed E-state index contributed by atoms with van der Waals surface area (Å²) in [5, 5.41) is 0. The first-order valence-corrected chi connectivity index (χ1v) is 13.0. The number of nitrogens with zero attached hydrogens (tertiary/aromatic N) is 2. The first-order valence-electron chi connectivity index (χ1n) is 10.1. The number of hydrogen-bond acceptors (Lipinski definition) is 6. The van der Waals surface area contributed by atoms with Gasteiger partial charge in [-0.15, -0.1) is 0 Å². The predicted octanol–water partition coefficient (Wildman–Crippen LogP) is 3.33. The van der Waals surface area contributed by atoms with Gasteiger partial charge in [0.15, 0.2) is 11.3 Å². The Kier molecular flexibility index (Phi) is 5.19. The number of nitrogens with one attached hydrogen (secondary N) is 1. The lowest BCUT2D eigenvalue weighted by molar-refractivity contribution is -0.610. The monoisotopic (exact) mass is 476 g/mol. The zero-order chi connectivity index (χ0) is 23.6. The molecule has 10 heteroatoms. The number of pyridine rings is 1. The summed E-state index contributed by atoms with van der Waals surface area (Å²) in [6.45, 7) is 9.59. The molecule has 1 aliphatic rings. The fourth-order valence-electron chi connectivity index (χ4n) is 4.63. The molecule has 0 aliphatic heterocycles. The van der Waals surface area contributed by atoms with E-state index in [1.54, 1.807) is 23.9 Å². The van der Waals surface area contributed by atoms with Gasteiger partial charge in [-0.05, 0) is 57.9 Å². The molecule has 2 heterocycles. The molecule has 3 aromatic rings. The van der Waals surface area contributed by atoms with Crippen LogP contribution >= 0.6 is 10.8 Å². The van der Waals surface area contributed by atoms with Gasteiger partial charge in [0, 0.05) is 33.3 Å². The van der Waals surface area contributed by atoms with Crippen LogP contribution in [0.25, 0.3) is 17.0 Å². The summed E-state index contributed by atoms with van der Waals surface area (Å²) in [5.41, 5.74) is 3.60. The smallest absolute Gasteiger partial charge is 0.402 e. The molecule has 0 radical (unpaired) electrons. The van der Waals surface area contributed by atoms with Crippen LogP contribution in [0, 0.1) is 6.92 Å². The van der Waals surface area contributed by atoms with Gasteiger partial charge in [0.05, 0.1) is 19.1 Å². The Hall–Kier alpha value is -2.43.